The van der Waals surface area contributed by atoms with E-state index in [1.807, 2.05) is 34.5 Å². The summed E-state index contributed by atoms with van der Waals surface area (Å²) in [5.74, 6) is -1.96. The summed E-state index contributed by atoms with van der Waals surface area (Å²) in [4.78, 5) is 27.3. The van der Waals surface area contributed by atoms with Crippen LogP contribution in [-0.2, 0) is 22.7 Å². The van der Waals surface area contributed by atoms with Crippen molar-refractivity contribution in [1.29, 1.82) is 0 Å². The number of rotatable bonds is 4. The molecule has 0 spiro atoms. The molecule has 2 aliphatic rings. The number of aliphatic carboxylic acids is 1. The van der Waals surface area contributed by atoms with Gasteiger partial charge in [-0.05, 0) is 36.3 Å². The number of aromatic nitrogens is 2. The highest BCUT2D eigenvalue weighted by Crippen LogP contribution is 2.37. The summed E-state index contributed by atoms with van der Waals surface area (Å²) in [6, 6.07) is 6.97. The van der Waals surface area contributed by atoms with Crippen molar-refractivity contribution in [3.63, 3.8) is 0 Å². The molecule has 3 atom stereocenters. The SMILES string of the molecule is CC(=O)N1[C@H](Cn2cccn2)C[C@@H]2CN(Cc3cccs3)CC[C@@H]21.O=C(O)C(F)(F)F. The molecule has 4 rings (SSSR count). The molecule has 7 nitrogen and oxygen atoms in total. The Morgan fingerprint density at radius 3 is 2.61 bits per heavy atom. The smallest absolute Gasteiger partial charge is 0.475 e. The number of carboxylic acid groups (broad SMARTS) is 1. The van der Waals surface area contributed by atoms with Crippen LogP contribution >= 0.6 is 11.3 Å². The Morgan fingerprint density at radius 2 is 2.06 bits per heavy atom. The number of piperidine rings is 1. The van der Waals surface area contributed by atoms with Crippen LogP contribution < -0.4 is 0 Å². The van der Waals surface area contributed by atoms with Crippen LogP contribution in [0.2, 0.25) is 0 Å². The molecule has 1 N–H and O–H groups in total. The number of carbonyl (C=O) groups excluding carboxylic acids is 1. The molecule has 0 aromatic carbocycles. The van der Waals surface area contributed by atoms with E-state index in [-0.39, 0.29) is 11.9 Å². The molecule has 4 heterocycles. The van der Waals surface area contributed by atoms with Crippen molar-refractivity contribution in [3.8, 4) is 0 Å². The van der Waals surface area contributed by atoms with E-state index in [2.05, 4.69) is 32.4 Å². The van der Waals surface area contributed by atoms with E-state index in [9.17, 15) is 18.0 Å². The van der Waals surface area contributed by atoms with Crippen molar-refractivity contribution in [2.24, 2.45) is 5.92 Å². The Hall–Kier alpha value is -2.40. The second-order valence-electron chi connectivity index (χ2n) is 7.78. The second kappa shape index (κ2) is 9.82. The van der Waals surface area contributed by atoms with Crippen molar-refractivity contribution in [1.82, 2.24) is 19.6 Å². The molecule has 0 unspecified atom stereocenters. The number of hydrogen-bond acceptors (Lipinski definition) is 5. The Labute approximate surface area is 182 Å². The molecule has 11 heteroatoms. The highest BCUT2D eigenvalue weighted by molar-refractivity contribution is 7.09. The number of nitrogens with zero attached hydrogens (tertiary/aromatic N) is 4. The minimum Gasteiger partial charge on any atom is -0.475 e. The number of fused-ring (bicyclic) bond motifs is 1. The third kappa shape index (κ3) is 6.07. The molecule has 1 amide bonds. The van der Waals surface area contributed by atoms with Gasteiger partial charge in [0.1, 0.15) is 0 Å². The summed E-state index contributed by atoms with van der Waals surface area (Å²) in [6.45, 7) is 5.76. The van der Waals surface area contributed by atoms with Crippen LogP contribution in [0.4, 0.5) is 13.2 Å². The molecule has 0 saturated carbocycles. The topological polar surface area (TPSA) is 78.7 Å². The number of halogens is 3. The number of amides is 1. The highest BCUT2D eigenvalue weighted by atomic mass is 32.1. The number of alkyl halides is 3. The Kier molecular flexibility index (Phi) is 7.37. The maximum atomic E-state index is 12.3. The van der Waals surface area contributed by atoms with E-state index in [0.29, 0.717) is 12.0 Å². The number of carboxylic acids is 1. The van der Waals surface area contributed by atoms with Gasteiger partial charge in [-0.2, -0.15) is 18.3 Å². The Balaban J connectivity index is 0.000000339. The number of likely N-dealkylation sites (tertiary alicyclic amines) is 2. The lowest BCUT2D eigenvalue weighted by Crippen LogP contribution is -2.48. The molecule has 2 saturated heterocycles. The molecular formula is C20H25F3N4O3S. The van der Waals surface area contributed by atoms with Gasteiger partial charge in [0.2, 0.25) is 5.91 Å². The zero-order valence-corrected chi connectivity index (χ0v) is 17.8. The maximum absolute atomic E-state index is 12.3. The van der Waals surface area contributed by atoms with Gasteiger partial charge < -0.3 is 10.0 Å². The fraction of sp³-hybridized carbons (Fsp3) is 0.550. The van der Waals surface area contributed by atoms with E-state index in [0.717, 1.165) is 39.0 Å². The van der Waals surface area contributed by atoms with E-state index < -0.39 is 12.1 Å². The van der Waals surface area contributed by atoms with Crippen LogP contribution in [0.15, 0.2) is 36.0 Å². The predicted octanol–water partition coefficient (Wildman–Crippen LogP) is 3.09. The minimum atomic E-state index is -5.08. The molecule has 0 aliphatic carbocycles. The van der Waals surface area contributed by atoms with Crippen LogP contribution in [0.1, 0.15) is 24.6 Å². The van der Waals surface area contributed by atoms with E-state index in [4.69, 9.17) is 9.90 Å². The third-order valence-electron chi connectivity index (χ3n) is 5.63. The lowest BCUT2D eigenvalue weighted by Gasteiger charge is -2.38. The van der Waals surface area contributed by atoms with Crippen LogP contribution in [0.5, 0.6) is 0 Å². The van der Waals surface area contributed by atoms with Crippen molar-refractivity contribution in [2.75, 3.05) is 13.1 Å². The normalized spacial score (nSPS) is 23.7. The van der Waals surface area contributed by atoms with Gasteiger partial charge in [-0.3, -0.25) is 14.4 Å². The predicted molar refractivity (Wildman–Crippen MR) is 108 cm³/mol. The summed E-state index contributed by atoms with van der Waals surface area (Å²) in [6.07, 6.45) is 0.891. The summed E-state index contributed by atoms with van der Waals surface area (Å²) in [5, 5.41) is 13.6. The lowest BCUT2D eigenvalue weighted by molar-refractivity contribution is -0.192. The molecule has 170 valence electrons. The Morgan fingerprint density at radius 1 is 1.32 bits per heavy atom. The first-order chi connectivity index (χ1) is 14.6. The van der Waals surface area contributed by atoms with Crippen molar-refractivity contribution in [3.05, 3.63) is 40.8 Å². The van der Waals surface area contributed by atoms with Crippen LogP contribution in [0.25, 0.3) is 0 Å². The lowest BCUT2D eigenvalue weighted by atomic mass is 9.92. The van der Waals surface area contributed by atoms with Gasteiger partial charge >= 0.3 is 12.1 Å². The third-order valence-corrected chi connectivity index (χ3v) is 6.49. The van der Waals surface area contributed by atoms with Gasteiger partial charge in [0.15, 0.2) is 0 Å². The van der Waals surface area contributed by atoms with Gasteiger partial charge in [0, 0.05) is 49.9 Å². The zero-order valence-electron chi connectivity index (χ0n) is 17.0. The highest BCUT2D eigenvalue weighted by Gasteiger charge is 2.45. The summed E-state index contributed by atoms with van der Waals surface area (Å²) >= 11 is 1.83. The van der Waals surface area contributed by atoms with Crippen LogP contribution in [0, 0.1) is 5.92 Å². The quantitative estimate of drug-likeness (QED) is 0.762. The molecule has 0 bridgehead atoms. The number of carbonyl (C=O) groups is 2. The van der Waals surface area contributed by atoms with Gasteiger partial charge in [-0.1, -0.05) is 6.07 Å². The largest absolute Gasteiger partial charge is 0.490 e. The van der Waals surface area contributed by atoms with Gasteiger partial charge in [-0.25, -0.2) is 4.79 Å². The fourth-order valence-electron chi connectivity index (χ4n) is 4.47. The Bertz CT molecular complexity index is 858. The van der Waals surface area contributed by atoms with Gasteiger partial charge in [0.25, 0.3) is 0 Å². The molecule has 2 aromatic heterocycles. The van der Waals surface area contributed by atoms with Crippen molar-refractivity contribution < 1.29 is 27.9 Å². The van der Waals surface area contributed by atoms with Gasteiger partial charge in [0.05, 0.1) is 12.6 Å². The second-order valence-corrected chi connectivity index (χ2v) is 8.81. The molecule has 2 aromatic rings. The van der Waals surface area contributed by atoms with E-state index in [1.165, 1.54) is 4.88 Å². The summed E-state index contributed by atoms with van der Waals surface area (Å²) < 4.78 is 33.7. The van der Waals surface area contributed by atoms with E-state index >= 15 is 0 Å². The number of hydrogen-bond donors (Lipinski definition) is 1. The van der Waals surface area contributed by atoms with Crippen molar-refractivity contribution in [2.45, 2.75) is 51.1 Å². The molecule has 2 aliphatic heterocycles. The average Bonchev–Trinajstić information content (AvgIpc) is 3.42. The van der Waals surface area contributed by atoms with E-state index in [1.54, 1.807) is 6.92 Å². The maximum Gasteiger partial charge on any atom is 0.490 e. The van der Waals surface area contributed by atoms with Crippen LogP contribution in [0.3, 0.4) is 0 Å². The summed E-state index contributed by atoms with van der Waals surface area (Å²) in [5.41, 5.74) is 0. The number of thiophene rings is 1. The summed E-state index contributed by atoms with van der Waals surface area (Å²) in [7, 11) is 0. The molecule has 31 heavy (non-hydrogen) atoms. The molecule has 2 fully saturated rings. The van der Waals surface area contributed by atoms with Gasteiger partial charge in [-0.15, -0.1) is 11.3 Å². The van der Waals surface area contributed by atoms with Crippen molar-refractivity contribution >= 4 is 23.2 Å². The monoisotopic (exact) mass is 458 g/mol. The fourth-order valence-corrected chi connectivity index (χ4v) is 5.22. The first kappa shape index (κ1) is 23.3. The molecule has 0 radical (unpaired) electrons. The molecular weight excluding hydrogens is 433 g/mol. The first-order valence-electron chi connectivity index (χ1n) is 9.96. The average molecular weight is 459 g/mol. The standard InChI is InChI=1S/C18H24N4OS.C2HF3O2/c1-14(23)22-16(12-21-7-3-6-19-21)10-15-11-20(8-5-18(15)22)13-17-4-2-9-24-17;3-2(4,5)1(6)7/h2-4,6-7,9,15-16,18H,5,8,10-13H2,1H3;(H,6,7)/t15-,16+,18+;/m1./s1. The zero-order chi connectivity index (χ0) is 22.6. The van der Waals surface area contributed by atoms with Crippen LogP contribution in [-0.4, -0.2) is 67.9 Å². The first-order valence-corrected chi connectivity index (χ1v) is 10.8. The minimum absolute atomic E-state index is 0.214.